The van der Waals surface area contributed by atoms with Crippen molar-refractivity contribution in [2.45, 2.75) is 26.8 Å². The Hall–Kier alpha value is -3.42. The lowest BCUT2D eigenvalue weighted by molar-refractivity contribution is 0.415. The number of nitrogens with one attached hydrogen (secondary N) is 1. The molecule has 0 saturated heterocycles. The van der Waals surface area contributed by atoms with Crippen molar-refractivity contribution in [3.05, 3.63) is 62.8 Å². The first-order valence-electron chi connectivity index (χ1n) is 9.48. The molecular formula is C21H23N5O3. The normalized spacial score (nSPS) is 11.6. The van der Waals surface area contributed by atoms with Gasteiger partial charge in [-0.05, 0) is 29.0 Å². The second-order valence-electron chi connectivity index (χ2n) is 7.60. The van der Waals surface area contributed by atoms with Gasteiger partial charge in [-0.25, -0.2) is 9.78 Å². The molecule has 29 heavy (non-hydrogen) atoms. The zero-order valence-electron chi connectivity index (χ0n) is 16.9. The van der Waals surface area contributed by atoms with E-state index in [1.165, 1.54) is 7.05 Å². The van der Waals surface area contributed by atoms with Crippen molar-refractivity contribution in [1.29, 1.82) is 0 Å². The van der Waals surface area contributed by atoms with E-state index < -0.39 is 0 Å². The van der Waals surface area contributed by atoms with E-state index in [1.54, 1.807) is 24.1 Å². The highest BCUT2D eigenvalue weighted by Crippen LogP contribution is 2.24. The highest BCUT2D eigenvalue weighted by molar-refractivity contribution is 5.86. The van der Waals surface area contributed by atoms with Crippen LogP contribution in [0.25, 0.3) is 21.9 Å². The smallest absolute Gasteiger partial charge is 0.332 e. The van der Waals surface area contributed by atoms with E-state index in [-0.39, 0.29) is 17.2 Å². The van der Waals surface area contributed by atoms with Crippen molar-refractivity contribution in [3.63, 3.8) is 0 Å². The van der Waals surface area contributed by atoms with Crippen molar-refractivity contribution in [2.75, 3.05) is 7.11 Å². The van der Waals surface area contributed by atoms with Crippen LogP contribution in [0.3, 0.4) is 0 Å². The maximum Gasteiger partial charge on any atom is 0.332 e. The third kappa shape index (κ3) is 3.30. The van der Waals surface area contributed by atoms with Crippen LogP contribution < -0.4 is 16.0 Å². The fraction of sp³-hybridized carbons (Fsp3) is 0.333. The fourth-order valence-corrected chi connectivity index (χ4v) is 3.56. The van der Waals surface area contributed by atoms with Gasteiger partial charge in [-0.15, -0.1) is 0 Å². The quantitative estimate of drug-likeness (QED) is 0.561. The average Bonchev–Trinajstić information content (AvgIpc) is 3.13. The van der Waals surface area contributed by atoms with Gasteiger partial charge in [0.15, 0.2) is 5.65 Å². The Morgan fingerprint density at radius 3 is 2.72 bits per heavy atom. The number of methoxy groups -OCH3 is 1. The molecule has 8 heteroatoms. The molecule has 0 bridgehead atoms. The lowest BCUT2D eigenvalue weighted by Gasteiger charge is -2.10. The van der Waals surface area contributed by atoms with Gasteiger partial charge in [0.2, 0.25) is 0 Å². The summed E-state index contributed by atoms with van der Waals surface area (Å²) in [4.78, 5) is 37.2. The standard InChI is InChI=1S/C21H23N5O3/c1-12(2)11-26-19-18(20(27)25(3)21(26)28)23-17(24-19)8-14-10-22-9-13-7-15(29-4)5-6-16(13)14/h5-7,9-10,12H,8,11H2,1-4H3,(H,23,24). The van der Waals surface area contributed by atoms with Crippen molar-refractivity contribution < 1.29 is 4.74 Å². The van der Waals surface area contributed by atoms with E-state index in [9.17, 15) is 9.59 Å². The van der Waals surface area contributed by atoms with Crippen LogP contribution >= 0.6 is 0 Å². The summed E-state index contributed by atoms with van der Waals surface area (Å²) in [5.74, 6) is 1.62. The molecule has 0 aliphatic carbocycles. The summed E-state index contributed by atoms with van der Waals surface area (Å²) in [7, 11) is 3.12. The molecule has 0 spiro atoms. The number of nitrogens with zero attached hydrogens (tertiary/aromatic N) is 4. The first kappa shape index (κ1) is 18.9. The van der Waals surface area contributed by atoms with Crippen molar-refractivity contribution in [1.82, 2.24) is 24.1 Å². The predicted octanol–water partition coefficient (Wildman–Crippen LogP) is 2.23. The van der Waals surface area contributed by atoms with Crippen molar-refractivity contribution in [3.8, 4) is 5.75 Å². The number of pyridine rings is 1. The Labute approximate surface area is 166 Å². The minimum absolute atomic E-state index is 0.241. The van der Waals surface area contributed by atoms with Crippen LogP contribution in [-0.4, -0.2) is 31.2 Å². The number of imidazole rings is 1. The predicted molar refractivity (Wildman–Crippen MR) is 112 cm³/mol. The SMILES string of the molecule is COc1ccc2c(Cc3nc4c([nH]3)c(=O)n(C)c(=O)n4CC(C)C)cncc2c1. The minimum Gasteiger partial charge on any atom is -0.497 e. The number of rotatable bonds is 5. The van der Waals surface area contributed by atoms with Gasteiger partial charge < -0.3 is 9.72 Å². The highest BCUT2D eigenvalue weighted by Gasteiger charge is 2.17. The molecule has 4 aromatic rings. The molecule has 150 valence electrons. The molecule has 3 heterocycles. The molecule has 0 aliphatic rings. The third-order valence-corrected chi connectivity index (χ3v) is 4.98. The van der Waals surface area contributed by atoms with Gasteiger partial charge in [-0.1, -0.05) is 19.9 Å². The van der Waals surface area contributed by atoms with Crippen LogP contribution in [0.4, 0.5) is 0 Å². The van der Waals surface area contributed by atoms with Crippen LogP contribution in [0.1, 0.15) is 25.2 Å². The zero-order chi connectivity index (χ0) is 20.7. The molecular weight excluding hydrogens is 370 g/mol. The summed E-state index contributed by atoms with van der Waals surface area (Å²) in [6.45, 7) is 4.53. The number of hydrogen-bond donors (Lipinski definition) is 1. The monoisotopic (exact) mass is 393 g/mol. The van der Waals surface area contributed by atoms with Crippen LogP contribution in [0.15, 0.2) is 40.2 Å². The summed E-state index contributed by atoms with van der Waals surface area (Å²) in [6, 6.07) is 5.82. The van der Waals surface area contributed by atoms with Crippen LogP contribution in [-0.2, 0) is 20.0 Å². The maximum atomic E-state index is 12.6. The summed E-state index contributed by atoms with van der Waals surface area (Å²) >= 11 is 0. The van der Waals surface area contributed by atoms with Crippen LogP contribution in [0.5, 0.6) is 5.75 Å². The van der Waals surface area contributed by atoms with Gasteiger partial charge in [0.25, 0.3) is 5.56 Å². The molecule has 0 saturated carbocycles. The lowest BCUT2D eigenvalue weighted by Crippen LogP contribution is -2.38. The van der Waals surface area contributed by atoms with E-state index in [2.05, 4.69) is 15.0 Å². The van der Waals surface area contributed by atoms with Crippen LogP contribution in [0, 0.1) is 5.92 Å². The molecule has 8 nitrogen and oxygen atoms in total. The third-order valence-electron chi connectivity index (χ3n) is 4.98. The van der Waals surface area contributed by atoms with E-state index >= 15 is 0 Å². The Morgan fingerprint density at radius 2 is 2.00 bits per heavy atom. The van der Waals surface area contributed by atoms with Gasteiger partial charge >= 0.3 is 5.69 Å². The number of H-pyrrole nitrogens is 1. The highest BCUT2D eigenvalue weighted by atomic mass is 16.5. The zero-order valence-corrected chi connectivity index (χ0v) is 16.9. The van der Waals surface area contributed by atoms with Gasteiger partial charge in [-0.3, -0.25) is 18.9 Å². The Bertz CT molecular complexity index is 1330. The Balaban J connectivity index is 1.84. The first-order valence-corrected chi connectivity index (χ1v) is 9.48. The van der Waals surface area contributed by atoms with E-state index in [1.807, 2.05) is 32.0 Å². The maximum absolute atomic E-state index is 12.6. The number of aromatic nitrogens is 5. The Kier molecular flexibility index (Phi) is 4.70. The molecule has 1 N–H and O–H groups in total. The molecule has 0 fully saturated rings. The second-order valence-corrected chi connectivity index (χ2v) is 7.60. The molecule has 4 rings (SSSR count). The largest absolute Gasteiger partial charge is 0.497 e. The number of hydrogen-bond acceptors (Lipinski definition) is 5. The molecule has 0 atom stereocenters. The molecule has 0 amide bonds. The number of aromatic amines is 1. The fourth-order valence-electron chi connectivity index (χ4n) is 3.56. The van der Waals surface area contributed by atoms with Gasteiger partial charge in [0.1, 0.15) is 17.1 Å². The lowest BCUT2D eigenvalue weighted by atomic mass is 10.1. The summed E-state index contributed by atoms with van der Waals surface area (Å²) in [5, 5.41) is 2.00. The molecule has 0 unspecified atom stereocenters. The van der Waals surface area contributed by atoms with E-state index in [4.69, 9.17) is 4.74 Å². The second kappa shape index (κ2) is 7.20. The van der Waals surface area contributed by atoms with Gasteiger partial charge in [-0.2, -0.15) is 0 Å². The van der Waals surface area contributed by atoms with Gasteiger partial charge in [0, 0.05) is 37.8 Å². The molecule has 0 radical (unpaired) electrons. The van der Waals surface area contributed by atoms with E-state index in [0.29, 0.717) is 30.0 Å². The Morgan fingerprint density at radius 1 is 1.21 bits per heavy atom. The summed E-state index contributed by atoms with van der Waals surface area (Å²) in [5.41, 5.74) is 0.991. The minimum atomic E-state index is -0.371. The molecule has 1 aromatic carbocycles. The van der Waals surface area contributed by atoms with E-state index in [0.717, 1.165) is 26.7 Å². The first-order chi connectivity index (χ1) is 13.9. The molecule has 0 aliphatic heterocycles. The number of ether oxygens (including phenoxy) is 1. The van der Waals surface area contributed by atoms with Crippen molar-refractivity contribution >= 4 is 21.9 Å². The van der Waals surface area contributed by atoms with Crippen LogP contribution in [0.2, 0.25) is 0 Å². The summed E-state index contributed by atoms with van der Waals surface area (Å²) < 4.78 is 7.97. The summed E-state index contributed by atoms with van der Waals surface area (Å²) in [6.07, 6.45) is 4.04. The van der Waals surface area contributed by atoms with Crippen molar-refractivity contribution in [2.24, 2.45) is 13.0 Å². The number of fused-ring (bicyclic) bond motifs is 2. The topological polar surface area (TPSA) is 94.8 Å². The average molecular weight is 393 g/mol. The van der Waals surface area contributed by atoms with Gasteiger partial charge in [0.05, 0.1) is 7.11 Å². The number of benzene rings is 1. The molecule has 3 aromatic heterocycles.